The van der Waals surface area contributed by atoms with E-state index in [2.05, 4.69) is 5.32 Å². The molecule has 0 radical (unpaired) electrons. The zero-order chi connectivity index (χ0) is 17.4. The van der Waals surface area contributed by atoms with Crippen LogP contribution in [-0.4, -0.2) is 11.0 Å². The summed E-state index contributed by atoms with van der Waals surface area (Å²) in [6.07, 6.45) is -0.342. The summed E-state index contributed by atoms with van der Waals surface area (Å²) >= 11 is 0. The average Bonchev–Trinajstić information content (AvgIpc) is 2.63. The van der Waals surface area contributed by atoms with Crippen molar-refractivity contribution in [3.8, 4) is 5.75 Å². The van der Waals surface area contributed by atoms with Gasteiger partial charge in [0.1, 0.15) is 11.9 Å². The van der Waals surface area contributed by atoms with Crippen LogP contribution in [0.4, 0.5) is 11.4 Å². The number of benzene rings is 3. The molecule has 4 heteroatoms. The molecule has 4 nitrogen and oxygen atoms in total. The van der Waals surface area contributed by atoms with Crippen molar-refractivity contribution >= 4 is 17.3 Å². The molecule has 4 rings (SSSR count). The highest BCUT2D eigenvalue weighted by atomic mass is 16.3. The van der Waals surface area contributed by atoms with Crippen LogP contribution in [0.1, 0.15) is 27.7 Å². The number of hydrogen-bond donors (Lipinski definition) is 2. The number of aromatic hydroxyl groups is 1. The number of hydrogen-bond acceptors (Lipinski definition) is 3. The highest BCUT2D eigenvalue weighted by Crippen LogP contribution is 2.36. The minimum atomic E-state index is -0.342. The smallest absolute Gasteiger partial charge is 0.262 e. The van der Waals surface area contributed by atoms with Crippen LogP contribution >= 0.6 is 0 Å². The quantitative estimate of drug-likeness (QED) is 0.729. The number of anilines is 2. The number of aryl methyl sites for hydroxylation is 1. The van der Waals surface area contributed by atoms with Gasteiger partial charge in [0.05, 0.1) is 5.56 Å². The monoisotopic (exact) mass is 330 g/mol. The van der Waals surface area contributed by atoms with Crippen LogP contribution in [-0.2, 0) is 0 Å². The van der Waals surface area contributed by atoms with Gasteiger partial charge in [0.25, 0.3) is 5.91 Å². The SMILES string of the molecule is Cc1ccc(N2C(=O)c3ccccc3N[C@H]2c2ccc(O)cc2)cc1. The van der Waals surface area contributed by atoms with Crippen molar-refractivity contribution in [2.45, 2.75) is 13.1 Å². The van der Waals surface area contributed by atoms with Gasteiger partial charge < -0.3 is 10.4 Å². The number of nitrogens with one attached hydrogen (secondary N) is 1. The molecule has 2 N–H and O–H groups in total. The van der Waals surface area contributed by atoms with E-state index in [1.165, 1.54) is 0 Å². The summed E-state index contributed by atoms with van der Waals surface area (Å²) in [7, 11) is 0. The fraction of sp³-hybridized carbons (Fsp3) is 0.0952. The molecule has 0 aliphatic carbocycles. The Morgan fingerprint density at radius 2 is 1.60 bits per heavy atom. The number of rotatable bonds is 2. The van der Waals surface area contributed by atoms with Crippen molar-refractivity contribution in [1.29, 1.82) is 0 Å². The maximum absolute atomic E-state index is 13.2. The molecule has 1 heterocycles. The van der Waals surface area contributed by atoms with Crippen LogP contribution in [0.5, 0.6) is 5.75 Å². The molecule has 0 fully saturated rings. The zero-order valence-electron chi connectivity index (χ0n) is 13.8. The molecule has 0 saturated carbocycles. The Morgan fingerprint density at radius 3 is 2.32 bits per heavy atom. The van der Waals surface area contributed by atoms with Crippen molar-refractivity contribution in [3.05, 3.63) is 89.5 Å². The van der Waals surface area contributed by atoms with E-state index >= 15 is 0 Å². The van der Waals surface area contributed by atoms with Gasteiger partial charge >= 0.3 is 0 Å². The molecule has 1 amide bonds. The molecule has 0 spiro atoms. The molecule has 0 aromatic heterocycles. The fourth-order valence-corrected chi connectivity index (χ4v) is 3.12. The van der Waals surface area contributed by atoms with E-state index in [1.807, 2.05) is 67.6 Å². The van der Waals surface area contributed by atoms with Crippen LogP contribution < -0.4 is 10.2 Å². The standard InChI is InChI=1S/C21H18N2O2/c1-14-6-10-16(11-7-14)23-20(15-8-12-17(24)13-9-15)22-19-5-3-2-4-18(19)21(23)25/h2-13,20,22,24H,1H3/t20-/m1/s1. The van der Waals surface area contributed by atoms with Crippen molar-refractivity contribution < 1.29 is 9.90 Å². The minimum Gasteiger partial charge on any atom is -0.508 e. The Bertz CT molecular complexity index is 917. The summed E-state index contributed by atoms with van der Waals surface area (Å²) in [5.74, 6) is 0.157. The molecule has 3 aromatic rings. The molecule has 0 unspecified atom stereocenters. The minimum absolute atomic E-state index is 0.0451. The second-order valence-corrected chi connectivity index (χ2v) is 6.19. The summed E-state index contributed by atoms with van der Waals surface area (Å²) in [5.41, 5.74) is 4.34. The number of nitrogens with zero attached hydrogens (tertiary/aromatic N) is 1. The van der Waals surface area contributed by atoms with Gasteiger partial charge in [-0.1, -0.05) is 42.0 Å². The highest BCUT2D eigenvalue weighted by molar-refractivity contribution is 6.12. The first-order chi connectivity index (χ1) is 12.1. The van der Waals surface area contributed by atoms with Gasteiger partial charge in [-0.15, -0.1) is 0 Å². The number of amides is 1. The lowest BCUT2D eigenvalue weighted by molar-refractivity contribution is 0.0975. The predicted octanol–water partition coefficient (Wildman–Crippen LogP) is 4.47. The van der Waals surface area contributed by atoms with Crippen LogP contribution in [0.15, 0.2) is 72.8 Å². The predicted molar refractivity (Wildman–Crippen MR) is 98.9 cm³/mol. The largest absolute Gasteiger partial charge is 0.508 e. The van der Waals surface area contributed by atoms with E-state index in [-0.39, 0.29) is 17.8 Å². The zero-order valence-corrected chi connectivity index (χ0v) is 13.8. The number of fused-ring (bicyclic) bond motifs is 1. The van der Waals surface area contributed by atoms with Crippen LogP contribution in [0.2, 0.25) is 0 Å². The van der Waals surface area contributed by atoms with E-state index in [1.54, 1.807) is 17.0 Å². The third-order valence-electron chi connectivity index (χ3n) is 4.45. The lowest BCUT2D eigenvalue weighted by Crippen LogP contribution is -2.43. The lowest BCUT2D eigenvalue weighted by Gasteiger charge is -2.38. The number of carbonyl (C=O) groups excluding carboxylic acids is 1. The Hall–Kier alpha value is -3.27. The molecule has 124 valence electrons. The number of carbonyl (C=O) groups is 1. The van der Waals surface area contributed by atoms with E-state index < -0.39 is 0 Å². The second kappa shape index (κ2) is 5.98. The van der Waals surface area contributed by atoms with Gasteiger partial charge in [-0.3, -0.25) is 9.69 Å². The van der Waals surface area contributed by atoms with Gasteiger partial charge in [-0.05, 0) is 48.9 Å². The van der Waals surface area contributed by atoms with Crippen LogP contribution in [0, 0.1) is 6.92 Å². The summed E-state index contributed by atoms with van der Waals surface area (Å²) in [6, 6.07) is 22.4. The fourth-order valence-electron chi connectivity index (χ4n) is 3.12. The number of phenols is 1. The molecular weight excluding hydrogens is 312 g/mol. The average molecular weight is 330 g/mol. The highest BCUT2D eigenvalue weighted by Gasteiger charge is 2.33. The Kier molecular flexibility index (Phi) is 3.65. The molecule has 1 aliphatic rings. The van der Waals surface area contributed by atoms with Crippen molar-refractivity contribution in [2.24, 2.45) is 0 Å². The summed E-state index contributed by atoms with van der Waals surface area (Å²) in [4.78, 5) is 14.9. The maximum atomic E-state index is 13.2. The van der Waals surface area contributed by atoms with Crippen LogP contribution in [0.25, 0.3) is 0 Å². The normalized spacial score (nSPS) is 16.3. The summed E-state index contributed by atoms with van der Waals surface area (Å²) < 4.78 is 0. The van der Waals surface area contributed by atoms with Gasteiger partial charge in [-0.25, -0.2) is 0 Å². The van der Waals surface area contributed by atoms with Gasteiger partial charge in [0.2, 0.25) is 0 Å². The van der Waals surface area contributed by atoms with Gasteiger partial charge in [0.15, 0.2) is 0 Å². The molecular formula is C21H18N2O2. The molecule has 1 atom stereocenters. The Labute approximate surface area is 146 Å². The maximum Gasteiger partial charge on any atom is 0.262 e. The van der Waals surface area contributed by atoms with Crippen LogP contribution in [0.3, 0.4) is 0 Å². The topological polar surface area (TPSA) is 52.6 Å². The van der Waals surface area contributed by atoms with E-state index in [0.29, 0.717) is 5.56 Å². The molecule has 25 heavy (non-hydrogen) atoms. The number of para-hydroxylation sites is 1. The first-order valence-electron chi connectivity index (χ1n) is 8.18. The molecule has 0 bridgehead atoms. The Morgan fingerprint density at radius 1 is 0.920 bits per heavy atom. The van der Waals surface area contributed by atoms with E-state index in [4.69, 9.17) is 0 Å². The van der Waals surface area contributed by atoms with Gasteiger partial charge in [-0.2, -0.15) is 0 Å². The third-order valence-corrected chi connectivity index (χ3v) is 4.45. The van der Waals surface area contributed by atoms with Crippen molar-refractivity contribution in [3.63, 3.8) is 0 Å². The molecule has 3 aromatic carbocycles. The van der Waals surface area contributed by atoms with Gasteiger partial charge in [0, 0.05) is 11.4 Å². The summed E-state index contributed by atoms with van der Waals surface area (Å²) in [5, 5.41) is 13.0. The molecule has 0 saturated heterocycles. The third kappa shape index (κ3) is 2.72. The van der Waals surface area contributed by atoms with E-state index in [0.717, 1.165) is 22.5 Å². The lowest BCUT2D eigenvalue weighted by atomic mass is 10.0. The summed E-state index contributed by atoms with van der Waals surface area (Å²) in [6.45, 7) is 2.02. The second-order valence-electron chi connectivity index (χ2n) is 6.19. The first kappa shape index (κ1) is 15.3. The first-order valence-corrected chi connectivity index (χ1v) is 8.18. The van der Waals surface area contributed by atoms with E-state index in [9.17, 15) is 9.90 Å². The van der Waals surface area contributed by atoms with Crippen molar-refractivity contribution in [2.75, 3.05) is 10.2 Å². The van der Waals surface area contributed by atoms with Crippen molar-refractivity contribution in [1.82, 2.24) is 0 Å². The Balaban J connectivity index is 1.85. The molecule has 1 aliphatic heterocycles. The number of phenolic OH excluding ortho intramolecular Hbond substituents is 1.